The van der Waals surface area contributed by atoms with Gasteiger partial charge in [-0.15, -0.1) is 0 Å². The van der Waals surface area contributed by atoms with Crippen molar-refractivity contribution in [1.29, 1.82) is 0 Å². The van der Waals surface area contributed by atoms with Gasteiger partial charge in [0.25, 0.3) is 5.91 Å². The number of anilines is 1. The number of nitrogens with one attached hydrogen (secondary N) is 2. The van der Waals surface area contributed by atoms with Crippen molar-refractivity contribution in [3.63, 3.8) is 0 Å². The summed E-state index contributed by atoms with van der Waals surface area (Å²) in [6, 6.07) is 16.0. The second-order valence-corrected chi connectivity index (χ2v) is 14.3. The first kappa shape index (κ1) is 40.2. The first-order valence-corrected chi connectivity index (χ1v) is 17.6. The standard InChI is InChI=1S/C42H43F3N4O6/c1-25-28(14-15-29-20-37(54-6)30(24-50)19-34(29)42(43,44)45)9-7-10-32(25)33-11-8-12-35(26(33)2)48-39(52)36-17-13-27(21-46-36)22-49(40(53)55-41(3,4)5)23-31-16-18-38(51)47-31/h7-15,17,19-21,24,31H,16,18,22-23H2,1-6H3,(H,47,51)(H,48,52)/b15-14+/t31-/m0/s1. The Morgan fingerprint density at radius 2 is 1.65 bits per heavy atom. The molecule has 3 amide bonds. The number of aldehydes is 1. The lowest BCUT2D eigenvalue weighted by Gasteiger charge is -2.29. The molecule has 10 nitrogen and oxygen atoms in total. The van der Waals surface area contributed by atoms with Crippen molar-refractivity contribution in [3.05, 3.63) is 111 Å². The predicted octanol–water partition coefficient (Wildman–Crippen LogP) is 8.64. The molecule has 0 radical (unpaired) electrons. The maximum absolute atomic E-state index is 13.9. The summed E-state index contributed by atoms with van der Waals surface area (Å²) in [7, 11) is 1.29. The Morgan fingerprint density at radius 1 is 0.964 bits per heavy atom. The average Bonchev–Trinajstić information content (AvgIpc) is 3.54. The minimum atomic E-state index is -4.70. The van der Waals surface area contributed by atoms with Crippen molar-refractivity contribution in [3.8, 4) is 16.9 Å². The molecule has 0 unspecified atom stereocenters. The molecule has 2 heterocycles. The van der Waals surface area contributed by atoms with E-state index in [0.29, 0.717) is 35.9 Å². The number of nitrogens with zero attached hydrogens (tertiary/aromatic N) is 2. The van der Waals surface area contributed by atoms with Gasteiger partial charge in [0.15, 0.2) is 6.29 Å². The number of pyridine rings is 1. The zero-order chi connectivity index (χ0) is 40.1. The van der Waals surface area contributed by atoms with Crippen LogP contribution in [0.15, 0.2) is 66.9 Å². The Hall–Kier alpha value is -5.98. The summed E-state index contributed by atoms with van der Waals surface area (Å²) < 4.78 is 52.5. The van der Waals surface area contributed by atoms with E-state index in [1.807, 2.05) is 26.0 Å². The Morgan fingerprint density at radius 3 is 2.25 bits per heavy atom. The zero-order valence-corrected chi connectivity index (χ0v) is 31.5. The topological polar surface area (TPSA) is 127 Å². The summed E-state index contributed by atoms with van der Waals surface area (Å²) in [5.74, 6) is -0.476. The van der Waals surface area contributed by atoms with Crippen molar-refractivity contribution in [1.82, 2.24) is 15.2 Å². The SMILES string of the molecule is COc1cc(/C=C/c2cccc(-c3cccc(NC(=O)c4ccc(CN(C[C@@H]5CCC(=O)N5)C(=O)OC(C)(C)C)cn4)c3C)c2C)c(C(F)(F)F)cc1C=O. The number of alkyl halides is 3. The summed E-state index contributed by atoms with van der Waals surface area (Å²) in [6.45, 7) is 9.48. The molecule has 1 fully saturated rings. The molecular weight excluding hydrogens is 713 g/mol. The second kappa shape index (κ2) is 16.6. The number of rotatable bonds is 11. The first-order chi connectivity index (χ1) is 26.0. The normalized spacial score (nSPS) is 14.4. The monoisotopic (exact) mass is 756 g/mol. The van der Waals surface area contributed by atoms with Crippen molar-refractivity contribution < 1.29 is 41.8 Å². The van der Waals surface area contributed by atoms with E-state index in [2.05, 4.69) is 15.6 Å². The van der Waals surface area contributed by atoms with Gasteiger partial charge in [0.1, 0.15) is 17.0 Å². The molecule has 1 saturated heterocycles. The number of amides is 3. The lowest BCUT2D eigenvalue weighted by Crippen LogP contribution is -2.43. The fourth-order valence-electron chi connectivity index (χ4n) is 6.30. The molecule has 288 valence electrons. The lowest BCUT2D eigenvalue weighted by atomic mass is 9.92. The number of hydrogen-bond acceptors (Lipinski definition) is 7. The van der Waals surface area contributed by atoms with Gasteiger partial charge in [-0.3, -0.25) is 19.4 Å². The van der Waals surface area contributed by atoms with E-state index >= 15 is 0 Å². The van der Waals surface area contributed by atoms with Gasteiger partial charge in [-0.05, 0) is 104 Å². The van der Waals surface area contributed by atoms with Crippen LogP contribution in [0.25, 0.3) is 23.3 Å². The van der Waals surface area contributed by atoms with E-state index in [1.165, 1.54) is 30.3 Å². The van der Waals surface area contributed by atoms with Crippen LogP contribution in [0.5, 0.6) is 5.75 Å². The van der Waals surface area contributed by atoms with Gasteiger partial charge in [0.2, 0.25) is 5.91 Å². The van der Waals surface area contributed by atoms with Gasteiger partial charge in [0, 0.05) is 30.9 Å². The number of ether oxygens (including phenoxy) is 2. The molecule has 4 aromatic rings. The maximum atomic E-state index is 13.9. The van der Waals surface area contributed by atoms with Crippen molar-refractivity contribution in [2.45, 2.75) is 71.8 Å². The van der Waals surface area contributed by atoms with Gasteiger partial charge >= 0.3 is 12.3 Å². The molecule has 1 aliphatic rings. The number of carbonyl (C=O) groups excluding carboxylic acids is 4. The van der Waals surface area contributed by atoms with Crippen molar-refractivity contribution >= 4 is 42.0 Å². The molecule has 3 aromatic carbocycles. The first-order valence-electron chi connectivity index (χ1n) is 17.6. The molecule has 13 heteroatoms. The number of methoxy groups -OCH3 is 1. The second-order valence-electron chi connectivity index (χ2n) is 14.3. The number of hydrogen-bond donors (Lipinski definition) is 2. The summed E-state index contributed by atoms with van der Waals surface area (Å²) in [6.07, 6.45) is 0.567. The molecule has 0 spiro atoms. The summed E-state index contributed by atoms with van der Waals surface area (Å²) in [4.78, 5) is 55.5. The smallest absolute Gasteiger partial charge is 0.417 e. The van der Waals surface area contributed by atoms with Crippen LogP contribution in [0, 0.1) is 13.8 Å². The van der Waals surface area contributed by atoms with Crippen LogP contribution in [-0.4, -0.2) is 59.4 Å². The van der Waals surface area contributed by atoms with Gasteiger partial charge in [-0.2, -0.15) is 13.2 Å². The quantitative estimate of drug-likeness (QED) is 0.116. The highest BCUT2D eigenvalue weighted by Crippen LogP contribution is 2.37. The fraction of sp³-hybridized carbons (Fsp3) is 0.310. The van der Waals surface area contributed by atoms with Crippen LogP contribution in [0.4, 0.5) is 23.7 Å². The van der Waals surface area contributed by atoms with Gasteiger partial charge in [-0.25, -0.2) is 4.79 Å². The molecule has 55 heavy (non-hydrogen) atoms. The molecule has 1 aliphatic heterocycles. The predicted molar refractivity (Wildman–Crippen MR) is 204 cm³/mol. The molecule has 1 aromatic heterocycles. The molecule has 0 bridgehead atoms. The Labute approximate surface area is 317 Å². The highest BCUT2D eigenvalue weighted by Gasteiger charge is 2.34. The lowest BCUT2D eigenvalue weighted by molar-refractivity contribution is -0.137. The van der Waals surface area contributed by atoms with Crippen molar-refractivity contribution in [2.75, 3.05) is 19.0 Å². The highest BCUT2D eigenvalue weighted by molar-refractivity contribution is 6.04. The van der Waals surface area contributed by atoms with Crippen LogP contribution in [0.2, 0.25) is 0 Å². The summed E-state index contributed by atoms with van der Waals surface area (Å²) in [5, 5.41) is 5.81. The third-order valence-electron chi connectivity index (χ3n) is 9.13. The number of halogens is 3. The highest BCUT2D eigenvalue weighted by atomic mass is 19.4. The van der Waals surface area contributed by atoms with Crippen LogP contribution in [0.3, 0.4) is 0 Å². The van der Waals surface area contributed by atoms with Crippen LogP contribution in [-0.2, 0) is 22.3 Å². The Balaban J connectivity index is 1.34. The molecule has 2 N–H and O–H groups in total. The number of benzene rings is 3. The number of carbonyl (C=O) groups is 4. The van der Waals surface area contributed by atoms with Crippen LogP contribution < -0.4 is 15.4 Å². The molecular formula is C42H43F3N4O6. The van der Waals surface area contributed by atoms with Gasteiger partial charge < -0.3 is 25.0 Å². The maximum Gasteiger partial charge on any atom is 0.417 e. The molecule has 1 atom stereocenters. The largest absolute Gasteiger partial charge is 0.496 e. The van der Waals surface area contributed by atoms with E-state index < -0.39 is 29.3 Å². The zero-order valence-electron chi connectivity index (χ0n) is 31.5. The third-order valence-corrected chi connectivity index (χ3v) is 9.13. The van der Waals surface area contributed by atoms with E-state index in [0.717, 1.165) is 28.3 Å². The van der Waals surface area contributed by atoms with E-state index in [1.54, 1.807) is 63.2 Å². The van der Waals surface area contributed by atoms with Gasteiger partial charge in [0.05, 0.1) is 24.8 Å². The molecule has 0 aliphatic carbocycles. The van der Waals surface area contributed by atoms with Crippen molar-refractivity contribution in [2.24, 2.45) is 0 Å². The van der Waals surface area contributed by atoms with E-state index in [4.69, 9.17) is 9.47 Å². The molecule has 0 saturated carbocycles. The fourth-order valence-corrected chi connectivity index (χ4v) is 6.30. The Kier molecular flexibility index (Phi) is 12.1. The third kappa shape index (κ3) is 9.97. The van der Waals surface area contributed by atoms with Crippen LogP contribution in [0.1, 0.15) is 87.8 Å². The minimum Gasteiger partial charge on any atom is -0.496 e. The molecule has 5 rings (SSSR count). The van der Waals surface area contributed by atoms with Crippen LogP contribution >= 0.6 is 0 Å². The van der Waals surface area contributed by atoms with Gasteiger partial charge in [-0.1, -0.05) is 48.6 Å². The Bertz CT molecular complexity index is 2120. The summed E-state index contributed by atoms with van der Waals surface area (Å²) in [5.41, 5.74) is 3.19. The minimum absolute atomic E-state index is 0.0329. The van der Waals surface area contributed by atoms with E-state index in [9.17, 15) is 32.3 Å². The number of aromatic nitrogens is 1. The summed E-state index contributed by atoms with van der Waals surface area (Å²) >= 11 is 0. The average molecular weight is 757 g/mol. The van der Waals surface area contributed by atoms with E-state index in [-0.39, 0.29) is 47.6 Å².